The Bertz CT molecular complexity index is 693. The number of nitrogens with zero attached hydrogens (tertiary/aromatic N) is 1. The van der Waals surface area contributed by atoms with Crippen LogP contribution >= 0.6 is 0 Å². The Morgan fingerprint density at radius 2 is 2.05 bits per heavy atom. The van der Waals surface area contributed by atoms with Gasteiger partial charge in [0.2, 0.25) is 5.76 Å². The fourth-order valence-corrected chi connectivity index (χ4v) is 1.81. The number of alkyl halides is 3. The summed E-state index contributed by atoms with van der Waals surface area (Å²) in [5.74, 6) is -0.821. The van der Waals surface area contributed by atoms with E-state index < -0.39 is 23.7 Å². The quantitative estimate of drug-likeness (QED) is 0.911. The van der Waals surface area contributed by atoms with Gasteiger partial charge < -0.3 is 15.6 Å². The van der Waals surface area contributed by atoms with Gasteiger partial charge in [-0.15, -0.1) is 0 Å². The summed E-state index contributed by atoms with van der Waals surface area (Å²) >= 11 is 0. The van der Waals surface area contributed by atoms with Crippen molar-refractivity contribution in [1.29, 1.82) is 0 Å². The first-order chi connectivity index (χ1) is 10.2. The topological polar surface area (TPSA) is 81.2 Å². The lowest BCUT2D eigenvalue weighted by Crippen LogP contribution is -2.13. The summed E-state index contributed by atoms with van der Waals surface area (Å²) in [4.78, 5) is 11.9. The molecule has 1 heterocycles. The molecule has 0 aliphatic rings. The molecular formula is C14H14F3N3O2. The Labute approximate surface area is 124 Å². The second-order valence-corrected chi connectivity index (χ2v) is 4.89. The van der Waals surface area contributed by atoms with Crippen LogP contribution in [0.15, 0.2) is 28.8 Å². The number of hydrogen-bond donors (Lipinski definition) is 2. The fraction of sp³-hybridized carbons (Fsp3) is 0.286. The third kappa shape index (κ3) is 3.45. The van der Waals surface area contributed by atoms with Crippen molar-refractivity contribution < 1.29 is 22.5 Å². The molecule has 0 aliphatic heterocycles. The maximum atomic E-state index is 12.8. The van der Waals surface area contributed by atoms with Crippen molar-refractivity contribution in [3.8, 4) is 0 Å². The normalized spacial score (nSPS) is 13.0. The number of benzene rings is 1. The number of anilines is 1. The van der Waals surface area contributed by atoms with E-state index >= 15 is 0 Å². The molecule has 1 atom stereocenters. The van der Waals surface area contributed by atoms with Gasteiger partial charge in [0.05, 0.1) is 5.56 Å². The van der Waals surface area contributed by atoms with Gasteiger partial charge >= 0.3 is 6.18 Å². The maximum Gasteiger partial charge on any atom is 0.416 e. The summed E-state index contributed by atoms with van der Waals surface area (Å²) in [5.41, 5.74) is 5.25. The number of halogens is 3. The molecule has 5 nitrogen and oxygen atoms in total. The lowest BCUT2D eigenvalue weighted by Gasteiger charge is -2.12. The average molecular weight is 313 g/mol. The number of aromatic nitrogens is 1. The third-order valence-electron chi connectivity index (χ3n) is 3.02. The highest BCUT2D eigenvalue weighted by molar-refractivity contribution is 6.02. The minimum absolute atomic E-state index is 0.0154. The number of nitrogens with two attached hydrogens (primary N) is 1. The molecule has 0 radical (unpaired) electrons. The van der Waals surface area contributed by atoms with Crippen molar-refractivity contribution in [2.45, 2.75) is 26.1 Å². The van der Waals surface area contributed by atoms with E-state index in [9.17, 15) is 18.0 Å². The molecule has 1 aromatic heterocycles. The van der Waals surface area contributed by atoms with Crippen LogP contribution in [0.1, 0.15) is 40.3 Å². The first kappa shape index (κ1) is 16.0. The van der Waals surface area contributed by atoms with Gasteiger partial charge in [0.25, 0.3) is 5.91 Å². The molecule has 0 saturated heterocycles. The minimum Gasteiger partial charge on any atom is -0.351 e. The van der Waals surface area contributed by atoms with Crippen molar-refractivity contribution in [1.82, 2.24) is 5.16 Å². The van der Waals surface area contributed by atoms with E-state index in [2.05, 4.69) is 10.5 Å². The van der Waals surface area contributed by atoms with Crippen LogP contribution in [0.25, 0.3) is 0 Å². The first-order valence-electron chi connectivity index (χ1n) is 6.40. The van der Waals surface area contributed by atoms with Crippen LogP contribution in [-0.2, 0) is 6.18 Å². The number of aryl methyl sites for hydroxylation is 1. The summed E-state index contributed by atoms with van der Waals surface area (Å²) in [5, 5.41) is 5.95. The van der Waals surface area contributed by atoms with Crippen molar-refractivity contribution in [2.24, 2.45) is 5.73 Å². The second-order valence-electron chi connectivity index (χ2n) is 4.89. The van der Waals surface area contributed by atoms with Crippen molar-refractivity contribution in [2.75, 3.05) is 5.32 Å². The van der Waals surface area contributed by atoms with Crippen LogP contribution in [0.5, 0.6) is 0 Å². The van der Waals surface area contributed by atoms with Gasteiger partial charge in [-0.3, -0.25) is 4.79 Å². The van der Waals surface area contributed by atoms with E-state index in [-0.39, 0.29) is 17.0 Å². The standard InChI is InChI=1S/C14H14F3N3O2/c1-7-3-4-9(5-10(7)14(15,16)17)19-13(21)12-6-11(8(2)18)20-22-12/h3-6,8H,18H2,1-2H3,(H,19,21)/t8-/m1/s1. The molecule has 3 N–H and O–H groups in total. The van der Waals surface area contributed by atoms with Gasteiger partial charge in [0.15, 0.2) is 0 Å². The zero-order valence-electron chi connectivity index (χ0n) is 11.9. The first-order valence-corrected chi connectivity index (χ1v) is 6.40. The molecule has 1 amide bonds. The molecule has 8 heteroatoms. The van der Waals surface area contributed by atoms with Crippen LogP contribution in [0, 0.1) is 6.92 Å². The predicted molar refractivity (Wildman–Crippen MR) is 73.2 cm³/mol. The number of nitrogens with one attached hydrogen (secondary N) is 1. The third-order valence-corrected chi connectivity index (χ3v) is 3.02. The molecule has 118 valence electrons. The number of rotatable bonds is 3. The van der Waals surface area contributed by atoms with Crippen LogP contribution in [0.2, 0.25) is 0 Å². The van der Waals surface area contributed by atoms with E-state index in [1.807, 2.05) is 0 Å². The van der Waals surface area contributed by atoms with Crippen LogP contribution in [0.4, 0.5) is 18.9 Å². The summed E-state index contributed by atoms with van der Waals surface area (Å²) in [7, 11) is 0. The highest BCUT2D eigenvalue weighted by atomic mass is 19.4. The predicted octanol–water partition coefficient (Wildman–Crippen LogP) is 3.27. The van der Waals surface area contributed by atoms with Gasteiger partial charge in [-0.1, -0.05) is 11.2 Å². The smallest absolute Gasteiger partial charge is 0.351 e. The Morgan fingerprint density at radius 1 is 1.36 bits per heavy atom. The Balaban J connectivity index is 2.21. The summed E-state index contributed by atoms with van der Waals surface area (Å²) < 4.78 is 43.3. The number of carbonyl (C=O) groups is 1. The van der Waals surface area contributed by atoms with E-state index in [4.69, 9.17) is 10.3 Å². The van der Waals surface area contributed by atoms with Crippen molar-refractivity contribution in [3.05, 3.63) is 46.8 Å². The van der Waals surface area contributed by atoms with E-state index in [1.165, 1.54) is 25.1 Å². The van der Waals surface area contributed by atoms with E-state index in [1.54, 1.807) is 6.92 Å². The molecule has 0 spiro atoms. The molecule has 2 aromatic rings. The second kappa shape index (κ2) is 5.80. The SMILES string of the molecule is Cc1ccc(NC(=O)c2cc([C@@H](C)N)no2)cc1C(F)(F)F. The van der Waals surface area contributed by atoms with Gasteiger partial charge in [-0.25, -0.2) is 0 Å². The maximum absolute atomic E-state index is 12.8. The summed E-state index contributed by atoms with van der Waals surface area (Å²) in [6, 6.07) is 4.47. The van der Waals surface area contributed by atoms with Crippen LogP contribution in [0.3, 0.4) is 0 Å². The minimum atomic E-state index is -4.49. The summed E-state index contributed by atoms with van der Waals surface area (Å²) in [6.07, 6.45) is -4.49. The molecule has 2 rings (SSSR count). The fourth-order valence-electron chi connectivity index (χ4n) is 1.81. The molecule has 0 saturated carbocycles. The monoisotopic (exact) mass is 313 g/mol. The van der Waals surface area contributed by atoms with E-state index in [0.717, 1.165) is 6.07 Å². The number of carbonyl (C=O) groups excluding carboxylic acids is 1. The number of hydrogen-bond acceptors (Lipinski definition) is 4. The highest BCUT2D eigenvalue weighted by Crippen LogP contribution is 2.33. The molecular weight excluding hydrogens is 299 g/mol. The van der Waals surface area contributed by atoms with Gasteiger partial charge in [-0.05, 0) is 31.5 Å². The van der Waals surface area contributed by atoms with Gasteiger partial charge in [0.1, 0.15) is 5.69 Å². The van der Waals surface area contributed by atoms with E-state index in [0.29, 0.717) is 5.69 Å². The van der Waals surface area contributed by atoms with Crippen molar-refractivity contribution >= 4 is 11.6 Å². The largest absolute Gasteiger partial charge is 0.416 e. The molecule has 0 aliphatic carbocycles. The highest BCUT2D eigenvalue weighted by Gasteiger charge is 2.32. The molecule has 22 heavy (non-hydrogen) atoms. The van der Waals surface area contributed by atoms with Gasteiger partial charge in [0, 0.05) is 17.8 Å². The lowest BCUT2D eigenvalue weighted by atomic mass is 10.1. The summed E-state index contributed by atoms with van der Waals surface area (Å²) in [6.45, 7) is 3.01. The van der Waals surface area contributed by atoms with Crippen molar-refractivity contribution in [3.63, 3.8) is 0 Å². The molecule has 0 fully saturated rings. The average Bonchev–Trinajstić information content (AvgIpc) is 2.89. The molecule has 0 bridgehead atoms. The lowest BCUT2D eigenvalue weighted by molar-refractivity contribution is -0.138. The molecule has 1 aromatic carbocycles. The van der Waals surface area contributed by atoms with Crippen LogP contribution < -0.4 is 11.1 Å². The Kier molecular flexibility index (Phi) is 4.23. The Hall–Kier alpha value is -2.35. The Morgan fingerprint density at radius 3 is 2.59 bits per heavy atom. The zero-order chi connectivity index (χ0) is 16.5. The van der Waals surface area contributed by atoms with Gasteiger partial charge in [-0.2, -0.15) is 13.2 Å². The molecule has 0 unspecified atom stereocenters. The zero-order valence-corrected chi connectivity index (χ0v) is 11.9. The number of amides is 1. The van der Waals surface area contributed by atoms with Crippen LogP contribution in [-0.4, -0.2) is 11.1 Å².